The van der Waals surface area contributed by atoms with Gasteiger partial charge in [-0.2, -0.15) is 10.5 Å². The van der Waals surface area contributed by atoms with Gasteiger partial charge in [0.05, 0.1) is 12.4 Å². The number of hydrogen-bond acceptors (Lipinski definition) is 6. The van der Waals surface area contributed by atoms with Crippen LogP contribution in [-0.4, -0.2) is 17.2 Å². The van der Waals surface area contributed by atoms with E-state index in [0.717, 1.165) is 21.9 Å². The van der Waals surface area contributed by atoms with Gasteiger partial charge in [0, 0.05) is 131 Å². The number of hydrogen-bond donors (Lipinski definition) is 0. The molecule has 2 aromatic heterocycles. The summed E-state index contributed by atoms with van der Waals surface area (Å²) in [6, 6.07) is 21.2. The molecule has 44 heavy (non-hydrogen) atoms. The number of benzene rings is 2. The Morgan fingerprint density at radius 2 is 1.05 bits per heavy atom. The molecule has 0 saturated carbocycles. The summed E-state index contributed by atoms with van der Waals surface area (Å²) in [7, 11) is 12.1. The monoisotopic (exact) mass is 844 g/mol. The predicted molar refractivity (Wildman–Crippen MR) is 209 cm³/mol. The molecule has 22 heteroatoms. The molecule has 234 valence electrons. The Kier molecular flexibility index (Phi) is 21.4. The van der Waals surface area contributed by atoms with Crippen LogP contribution in [0.25, 0.3) is 21.8 Å². The number of rotatable bonds is 0. The van der Waals surface area contributed by atoms with E-state index in [4.69, 9.17) is 34.3 Å². The molecule has 0 amide bonds. The van der Waals surface area contributed by atoms with Crippen LogP contribution in [0.5, 0.6) is 0 Å². The average molecular weight is 845 g/mol. The Bertz CT molecular complexity index is 2190. The van der Waals surface area contributed by atoms with Crippen LogP contribution >= 0.6 is 0 Å². The van der Waals surface area contributed by atoms with Crippen LogP contribution in [0.3, 0.4) is 0 Å². The van der Waals surface area contributed by atoms with Gasteiger partial charge < -0.3 is 17.3 Å². The zero-order valence-corrected chi connectivity index (χ0v) is 32.5. The molecular weight excluding hydrogens is 824 g/mol. The highest BCUT2D eigenvalue weighted by Crippen LogP contribution is 2.14. The van der Waals surface area contributed by atoms with Crippen LogP contribution in [0.4, 0.5) is 17.3 Å². The van der Waals surface area contributed by atoms with Crippen molar-refractivity contribution in [3.8, 4) is 12.1 Å². The van der Waals surface area contributed by atoms with Crippen molar-refractivity contribution in [1.29, 1.82) is 10.5 Å². The maximum Gasteiger partial charge on any atom is 1.00 e. The van der Waals surface area contributed by atoms with Crippen molar-refractivity contribution in [2.45, 2.75) is 13.8 Å². The van der Waals surface area contributed by atoms with Crippen LogP contribution in [0, 0.1) is 36.5 Å². The molecule has 0 unspecified atom stereocenters. The maximum atomic E-state index is 9.75. The molecule has 2 heterocycles. The highest BCUT2D eigenvalue weighted by molar-refractivity contribution is 8.75. The number of fused-ring (bicyclic) bond motifs is 2. The molecule has 0 spiro atoms. The third-order valence-electron chi connectivity index (χ3n) is 4.10. The number of aryl methyl sites for hydroxylation is 2. The molecule has 4 nitrogen and oxygen atoms in total. The molecule has 0 bridgehead atoms. The maximum absolute atomic E-state index is 9.75. The fourth-order valence-corrected chi connectivity index (χ4v) is 27.3. The fraction of sp³-hybridized carbons (Fsp3) is 0.0909. The zero-order valence-electron chi connectivity index (χ0n) is 23.9. The standard InChI is InChI=1S/2C11H8N2.BF4.S13/c2*1-8-2-5-11-9(6-8)3-4-10(7-12)13-11;2-1(3,4)5;1-3-5-7-9-11-13-12-10-8-6-4-2/h2*2-6H,1H3;;/q;;-1;/p+1/i6T;;;/hT. The van der Waals surface area contributed by atoms with E-state index in [-0.39, 0.29) is 1.43 Å². The van der Waals surface area contributed by atoms with Crippen molar-refractivity contribution in [3.05, 3.63) is 83.2 Å². The van der Waals surface area contributed by atoms with Gasteiger partial charge in [-0.1, -0.05) is 23.3 Å². The van der Waals surface area contributed by atoms with E-state index in [1.165, 1.54) is 23.3 Å². The summed E-state index contributed by atoms with van der Waals surface area (Å²) in [5, 5.41) is 19.2. The highest BCUT2D eigenvalue weighted by atomic mass is 33.5. The van der Waals surface area contributed by atoms with E-state index in [9.17, 15) is 17.3 Å². The summed E-state index contributed by atoms with van der Waals surface area (Å²) in [6.45, 7) is 3.93. The SMILES string of the molecule is Cc1ccc2nc(C#N)ccc2c1.F[B-](F)(F)F.S=S=S=S=S=S=S=S=S=S=S=S=S.[3H+].[3H]c1c(C)ccc2nc(C#N)ccc12. The van der Waals surface area contributed by atoms with Gasteiger partial charge in [0.1, 0.15) is 23.5 Å². The quantitative estimate of drug-likeness (QED) is 0.155. The third-order valence-corrected chi connectivity index (χ3v) is 26.3. The second kappa shape index (κ2) is 24.1. The molecule has 4 aromatic rings. The Balaban J connectivity index is 0.000000609. The summed E-state index contributed by atoms with van der Waals surface area (Å²) in [4.78, 5) is 8.29. The first kappa shape index (κ1) is 39.1. The summed E-state index contributed by atoms with van der Waals surface area (Å²) in [5.41, 5.74) is 4.57. The molecule has 0 N–H and O–H groups in total. The van der Waals surface area contributed by atoms with Gasteiger partial charge in [-0.3, -0.25) is 0 Å². The first-order chi connectivity index (χ1) is 21.4. The number of aromatic nitrogens is 2. The highest BCUT2D eigenvalue weighted by Gasteiger charge is 2.20. The van der Waals surface area contributed by atoms with Gasteiger partial charge in [-0.15, -0.1) is 0 Å². The summed E-state index contributed by atoms with van der Waals surface area (Å²) >= 11 is 9.40. The number of pyridine rings is 2. The van der Waals surface area contributed by atoms with E-state index in [2.05, 4.69) is 16.0 Å². The van der Waals surface area contributed by atoms with Gasteiger partial charge in [0.15, 0.2) is 0 Å². The van der Waals surface area contributed by atoms with Crippen molar-refractivity contribution >= 4 is 149 Å². The van der Waals surface area contributed by atoms with Crippen molar-refractivity contribution in [2.24, 2.45) is 0 Å². The molecule has 0 aliphatic carbocycles. The van der Waals surface area contributed by atoms with Crippen LogP contribution < -0.4 is 0 Å². The molecule has 0 atom stereocenters. The van der Waals surface area contributed by atoms with Crippen molar-refractivity contribution in [3.63, 3.8) is 0 Å². The second-order valence-electron chi connectivity index (χ2n) is 7.13. The Morgan fingerprint density at radius 1 is 0.659 bits per heavy atom. The molecule has 0 aliphatic heterocycles. The van der Waals surface area contributed by atoms with Crippen LogP contribution in [-0.2, 0) is 120 Å². The lowest BCUT2D eigenvalue weighted by Crippen LogP contribution is -2.02. The van der Waals surface area contributed by atoms with E-state index in [1.54, 1.807) is 98.1 Å². The number of nitriles is 2. The van der Waals surface area contributed by atoms with Crippen LogP contribution in [0.15, 0.2) is 60.6 Å². The molecule has 0 radical (unpaired) electrons. The van der Waals surface area contributed by atoms with Crippen LogP contribution in [0.1, 0.15) is 25.3 Å². The van der Waals surface area contributed by atoms with Gasteiger partial charge >= 0.3 is 8.68 Å². The summed E-state index contributed by atoms with van der Waals surface area (Å²) < 4.78 is 46.8. The van der Waals surface area contributed by atoms with E-state index >= 15 is 0 Å². The minimum absolute atomic E-state index is 0. The fourth-order valence-electron chi connectivity index (χ4n) is 2.64. The lowest BCUT2D eigenvalue weighted by atomic mass is 10.1. The second-order valence-corrected chi connectivity index (χ2v) is 26.6. The molecular formula is C22H17BF4N4S13. The van der Waals surface area contributed by atoms with Gasteiger partial charge in [0.2, 0.25) is 0 Å². The van der Waals surface area contributed by atoms with Crippen LogP contribution in [0.2, 0.25) is 0 Å². The lowest BCUT2D eigenvalue weighted by Gasteiger charge is -1.97. The number of halogens is 4. The average Bonchev–Trinajstić information content (AvgIpc) is 3.01. The van der Waals surface area contributed by atoms with Gasteiger partial charge in [-0.25, -0.2) is 9.97 Å². The number of nitrogens with zero attached hydrogens (tertiary/aromatic N) is 4. The Labute approximate surface area is 295 Å². The van der Waals surface area contributed by atoms with Crippen molar-refractivity contribution in [1.82, 2.24) is 9.97 Å². The third kappa shape index (κ3) is 20.1. The van der Waals surface area contributed by atoms with Gasteiger partial charge in [0.25, 0.3) is 0 Å². The molecule has 4 rings (SSSR count). The summed E-state index contributed by atoms with van der Waals surface area (Å²) in [5.74, 6) is 0. The largest absolute Gasteiger partial charge is 1.00 e. The molecule has 2 aromatic carbocycles. The normalized spacial score (nSPS) is 9.59. The predicted octanol–water partition coefficient (Wildman–Crippen LogP) is 6.21. The smallest absolute Gasteiger partial charge is 0.418 e. The summed E-state index contributed by atoms with van der Waals surface area (Å²) in [6.07, 6.45) is 0. The van der Waals surface area contributed by atoms with E-state index in [1.807, 2.05) is 56.3 Å². The van der Waals surface area contributed by atoms with E-state index in [0.29, 0.717) is 22.9 Å². The minimum atomic E-state index is -6.00. The van der Waals surface area contributed by atoms with Crippen molar-refractivity contribution < 1.29 is 20.1 Å². The first-order valence-electron chi connectivity index (χ1n) is 11.4. The minimum Gasteiger partial charge on any atom is -0.418 e. The van der Waals surface area contributed by atoms with Gasteiger partial charge in [-0.05, 0) is 62.4 Å². The lowest BCUT2D eigenvalue weighted by molar-refractivity contribution is 0.368. The molecule has 0 saturated heterocycles. The zero-order chi connectivity index (χ0) is 33.7. The van der Waals surface area contributed by atoms with E-state index < -0.39 is 7.25 Å². The van der Waals surface area contributed by atoms with Crippen molar-refractivity contribution in [2.75, 3.05) is 0 Å². The Morgan fingerprint density at radius 3 is 1.48 bits per heavy atom. The Hall–Kier alpha value is -1.12. The first-order valence-corrected chi connectivity index (χ1v) is 26.9. The molecule has 0 fully saturated rings. The topological polar surface area (TPSA) is 73.4 Å². The molecule has 0 aliphatic rings.